The predicted molar refractivity (Wildman–Crippen MR) is 93.2 cm³/mol. The van der Waals surface area contributed by atoms with Gasteiger partial charge in [0.25, 0.3) is 0 Å². The standard InChI is InChI=1S/C18H18FNO3S/c19-15-4-2-1-3-13(15)12-24-10-7-18(21)20-14-5-6-16-17(11-14)23-9-8-22-16/h1-6,11H,7-10,12H2,(H,20,21). The number of thioether (sulfide) groups is 1. The highest BCUT2D eigenvalue weighted by Gasteiger charge is 2.12. The minimum Gasteiger partial charge on any atom is -0.486 e. The summed E-state index contributed by atoms with van der Waals surface area (Å²) in [6.45, 7) is 1.05. The third kappa shape index (κ3) is 4.41. The number of anilines is 1. The van der Waals surface area contributed by atoms with Gasteiger partial charge in [0, 0.05) is 29.7 Å². The van der Waals surface area contributed by atoms with Crippen molar-refractivity contribution in [3.63, 3.8) is 0 Å². The summed E-state index contributed by atoms with van der Waals surface area (Å²) in [6, 6.07) is 12.0. The van der Waals surface area contributed by atoms with Gasteiger partial charge in [0.1, 0.15) is 19.0 Å². The zero-order valence-electron chi connectivity index (χ0n) is 13.1. The number of halogens is 1. The van der Waals surface area contributed by atoms with Gasteiger partial charge in [-0.1, -0.05) is 18.2 Å². The minimum absolute atomic E-state index is 0.0762. The predicted octanol–water partition coefficient (Wildman–Crippen LogP) is 3.86. The fourth-order valence-electron chi connectivity index (χ4n) is 2.31. The van der Waals surface area contributed by atoms with E-state index < -0.39 is 0 Å². The number of hydrogen-bond acceptors (Lipinski definition) is 4. The second-order valence-electron chi connectivity index (χ2n) is 5.30. The molecule has 0 radical (unpaired) electrons. The lowest BCUT2D eigenvalue weighted by molar-refractivity contribution is -0.115. The van der Waals surface area contributed by atoms with Crippen LogP contribution in [0, 0.1) is 5.82 Å². The molecule has 4 nitrogen and oxygen atoms in total. The van der Waals surface area contributed by atoms with Crippen LogP contribution in [-0.4, -0.2) is 24.9 Å². The van der Waals surface area contributed by atoms with Crippen molar-refractivity contribution in [2.24, 2.45) is 0 Å². The Hall–Kier alpha value is -2.21. The molecule has 1 amide bonds. The lowest BCUT2D eigenvalue weighted by Crippen LogP contribution is -2.16. The van der Waals surface area contributed by atoms with Gasteiger partial charge in [-0.05, 0) is 23.8 Å². The molecule has 0 spiro atoms. The van der Waals surface area contributed by atoms with E-state index in [0.717, 1.165) is 0 Å². The van der Waals surface area contributed by atoms with Gasteiger partial charge in [0.2, 0.25) is 5.91 Å². The highest BCUT2D eigenvalue weighted by molar-refractivity contribution is 7.98. The third-order valence-electron chi connectivity index (χ3n) is 3.51. The van der Waals surface area contributed by atoms with E-state index in [4.69, 9.17) is 9.47 Å². The molecule has 3 rings (SSSR count). The summed E-state index contributed by atoms with van der Waals surface area (Å²) in [7, 11) is 0. The van der Waals surface area contributed by atoms with Crippen LogP contribution in [0.15, 0.2) is 42.5 Å². The van der Waals surface area contributed by atoms with Gasteiger partial charge in [0.05, 0.1) is 0 Å². The molecule has 2 aromatic carbocycles. The summed E-state index contributed by atoms with van der Waals surface area (Å²) in [4.78, 5) is 12.0. The second-order valence-corrected chi connectivity index (χ2v) is 6.41. The molecule has 0 aromatic heterocycles. The molecule has 2 aromatic rings. The van der Waals surface area contributed by atoms with E-state index in [0.29, 0.717) is 53.9 Å². The first-order valence-electron chi connectivity index (χ1n) is 7.73. The Balaban J connectivity index is 1.43. The number of carbonyl (C=O) groups is 1. The van der Waals surface area contributed by atoms with Crippen molar-refractivity contribution in [1.82, 2.24) is 0 Å². The van der Waals surface area contributed by atoms with Crippen LogP contribution < -0.4 is 14.8 Å². The summed E-state index contributed by atoms with van der Waals surface area (Å²) in [5.74, 6) is 2.25. The third-order valence-corrected chi connectivity index (χ3v) is 4.52. The Morgan fingerprint density at radius 3 is 2.75 bits per heavy atom. The van der Waals surface area contributed by atoms with E-state index in [1.807, 2.05) is 6.07 Å². The smallest absolute Gasteiger partial charge is 0.225 e. The molecule has 6 heteroatoms. The van der Waals surface area contributed by atoms with E-state index in [1.165, 1.54) is 17.8 Å². The molecule has 1 N–H and O–H groups in total. The summed E-state index contributed by atoms with van der Waals surface area (Å²) >= 11 is 1.54. The summed E-state index contributed by atoms with van der Waals surface area (Å²) in [6.07, 6.45) is 0.369. The molecule has 0 bridgehead atoms. The molecule has 126 valence electrons. The maximum Gasteiger partial charge on any atom is 0.225 e. The first-order chi connectivity index (χ1) is 11.7. The Morgan fingerprint density at radius 2 is 1.92 bits per heavy atom. The van der Waals surface area contributed by atoms with Crippen molar-refractivity contribution in [2.45, 2.75) is 12.2 Å². The fraction of sp³-hybridized carbons (Fsp3) is 0.278. The van der Waals surface area contributed by atoms with Crippen molar-refractivity contribution in [3.05, 3.63) is 53.8 Å². The molecule has 0 saturated heterocycles. The summed E-state index contributed by atoms with van der Waals surface area (Å²) in [5, 5.41) is 2.84. The average Bonchev–Trinajstić information content (AvgIpc) is 2.60. The lowest BCUT2D eigenvalue weighted by Gasteiger charge is -2.19. The van der Waals surface area contributed by atoms with Crippen LogP contribution in [0.1, 0.15) is 12.0 Å². The van der Waals surface area contributed by atoms with Gasteiger partial charge < -0.3 is 14.8 Å². The zero-order valence-corrected chi connectivity index (χ0v) is 13.9. The highest BCUT2D eigenvalue weighted by Crippen LogP contribution is 2.32. The van der Waals surface area contributed by atoms with E-state index in [-0.39, 0.29) is 11.7 Å². The molecule has 1 aliphatic heterocycles. The van der Waals surface area contributed by atoms with Crippen molar-refractivity contribution in [2.75, 3.05) is 24.3 Å². The topological polar surface area (TPSA) is 47.6 Å². The Bertz CT molecular complexity index is 723. The van der Waals surface area contributed by atoms with Crippen LogP contribution in [0.3, 0.4) is 0 Å². The Kier molecular flexibility index (Phi) is 5.59. The van der Waals surface area contributed by atoms with E-state index in [1.54, 1.807) is 30.3 Å². The molecule has 1 aliphatic rings. The van der Waals surface area contributed by atoms with E-state index >= 15 is 0 Å². The minimum atomic E-state index is -0.203. The Labute approximate surface area is 144 Å². The summed E-state index contributed by atoms with van der Waals surface area (Å²) in [5.41, 5.74) is 1.35. The second kappa shape index (κ2) is 8.06. The monoisotopic (exact) mass is 347 g/mol. The first kappa shape index (κ1) is 16.6. The molecule has 24 heavy (non-hydrogen) atoms. The van der Waals surface area contributed by atoms with Crippen molar-refractivity contribution < 1.29 is 18.7 Å². The number of nitrogens with one attached hydrogen (secondary N) is 1. The number of fused-ring (bicyclic) bond motifs is 1. The van der Waals surface area contributed by atoms with E-state index in [9.17, 15) is 9.18 Å². The van der Waals surface area contributed by atoms with Gasteiger partial charge in [-0.25, -0.2) is 4.39 Å². The molecular formula is C18H18FNO3S. The molecule has 0 unspecified atom stereocenters. The lowest BCUT2D eigenvalue weighted by atomic mass is 10.2. The number of carbonyl (C=O) groups excluding carboxylic acids is 1. The highest BCUT2D eigenvalue weighted by atomic mass is 32.2. The average molecular weight is 347 g/mol. The van der Waals surface area contributed by atoms with E-state index in [2.05, 4.69) is 5.32 Å². The molecule has 1 heterocycles. The molecule has 0 aliphatic carbocycles. The maximum atomic E-state index is 13.5. The van der Waals surface area contributed by atoms with Crippen molar-refractivity contribution >= 4 is 23.4 Å². The number of amides is 1. The van der Waals surface area contributed by atoms with Crippen LogP contribution >= 0.6 is 11.8 Å². The number of benzene rings is 2. The molecular weight excluding hydrogens is 329 g/mol. The van der Waals surface area contributed by atoms with Gasteiger partial charge in [-0.2, -0.15) is 11.8 Å². The van der Waals surface area contributed by atoms with Crippen LogP contribution in [0.2, 0.25) is 0 Å². The van der Waals surface area contributed by atoms with Gasteiger partial charge >= 0.3 is 0 Å². The quantitative estimate of drug-likeness (QED) is 0.806. The SMILES string of the molecule is O=C(CCSCc1ccccc1F)Nc1ccc2c(c1)OCCO2. The number of rotatable bonds is 6. The van der Waals surface area contributed by atoms with Gasteiger partial charge in [0.15, 0.2) is 11.5 Å². The van der Waals surface area contributed by atoms with Crippen LogP contribution in [-0.2, 0) is 10.5 Å². The first-order valence-corrected chi connectivity index (χ1v) is 8.88. The van der Waals surface area contributed by atoms with Crippen molar-refractivity contribution in [3.8, 4) is 11.5 Å². The van der Waals surface area contributed by atoms with Gasteiger partial charge in [-0.15, -0.1) is 0 Å². The van der Waals surface area contributed by atoms with Crippen LogP contribution in [0.5, 0.6) is 11.5 Å². The summed E-state index contributed by atoms with van der Waals surface area (Å²) < 4.78 is 24.4. The fourth-order valence-corrected chi connectivity index (χ4v) is 3.24. The molecule has 0 atom stereocenters. The Morgan fingerprint density at radius 1 is 1.12 bits per heavy atom. The molecule has 0 fully saturated rings. The largest absolute Gasteiger partial charge is 0.486 e. The van der Waals surface area contributed by atoms with Gasteiger partial charge in [-0.3, -0.25) is 4.79 Å². The number of hydrogen-bond donors (Lipinski definition) is 1. The van der Waals surface area contributed by atoms with Crippen LogP contribution in [0.4, 0.5) is 10.1 Å². The van der Waals surface area contributed by atoms with Crippen molar-refractivity contribution in [1.29, 1.82) is 0 Å². The normalized spacial score (nSPS) is 12.7. The zero-order chi connectivity index (χ0) is 16.8. The maximum absolute atomic E-state index is 13.5. The van der Waals surface area contributed by atoms with Crippen LogP contribution in [0.25, 0.3) is 0 Å². The number of ether oxygens (including phenoxy) is 2. The molecule has 0 saturated carbocycles.